The van der Waals surface area contributed by atoms with Crippen LogP contribution < -0.4 is 5.32 Å². The third kappa shape index (κ3) is 4.67. The Morgan fingerprint density at radius 1 is 1.42 bits per heavy atom. The van der Waals surface area contributed by atoms with Gasteiger partial charge in [0.25, 0.3) is 0 Å². The fraction of sp³-hybridized carbons (Fsp3) is 0.714. The molecular formula is C14H25N3O2. The van der Waals surface area contributed by atoms with Crippen molar-refractivity contribution in [2.24, 2.45) is 5.41 Å². The van der Waals surface area contributed by atoms with Crippen LogP contribution in [0.5, 0.6) is 0 Å². The number of nitrogens with one attached hydrogen (secondary N) is 2. The second kappa shape index (κ2) is 5.74. The molecule has 2 N–H and O–H groups in total. The van der Waals surface area contributed by atoms with Gasteiger partial charge in [0.2, 0.25) is 0 Å². The van der Waals surface area contributed by atoms with Crippen molar-refractivity contribution in [1.29, 1.82) is 0 Å². The lowest BCUT2D eigenvalue weighted by atomic mass is 9.85. The highest BCUT2D eigenvalue weighted by molar-refractivity contribution is 5.77. The van der Waals surface area contributed by atoms with Crippen molar-refractivity contribution < 1.29 is 9.53 Å². The molecule has 0 aliphatic rings. The fourth-order valence-electron chi connectivity index (χ4n) is 1.49. The molecule has 1 heterocycles. The molecule has 0 saturated heterocycles. The maximum atomic E-state index is 12.2. The summed E-state index contributed by atoms with van der Waals surface area (Å²) in [5.41, 5.74) is -0.0584. The van der Waals surface area contributed by atoms with E-state index in [0.29, 0.717) is 6.54 Å². The first kappa shape index (κ1) is 15.7. The van der Waals surface area contributed by atoms with Gasteiger partial charge in [-0.05, 0) is 47.6 Å². The number of esters is 1. The van der Waals surface area contributed by atoms with Gasteiger partial charge in [-0.25, -0.2) is 0 Å². The van der Waals surface area contributed by atoms with Crippen molar-refractivity contribution >= 4 is 5.97 Å². The van der Waals surface area contributed by atoms with E-state index in [0.717, 1.165) is 5.69 Å². The van der Waals surface area contributed by atoms with Gasteiger partial charge in [-0.15, -0.1) is 0 Å². The molecule has 0 radical (unpaired) electrons. The van der Waals surface area contributed by atoms with Crippen LogP contribution >= 0.6 is 0 Å². The van der Waals surface area contributed by atoms with Crippen LogP contribution in [0.2, 0.25) is 0 Å². The monoisotopic (exact) mass is 267 g/mol. The first-order chi connectivity index (χ1) is 8.63. The average Bonchev–Trinajstić information content (AvgIpc) is 2.76. The quantitative estimate of drug-likeness (QED) is 0.803. The lowest BCUT2D eigenvalue weighted by molar-refractivity contribution is -0.167. The second-order valence-electron chi connectivity index (χ2n) is 6.41. The molecule has 0 saturated carbocycles. The van der Waals surface area contributed by atoms with E-state index in [-0.39, 0.29) is 12.0 Å². The maximum Gasteiger partial charge on any atom is 0.313 e. The molecule has 1 aromatic rings. The molecule has 0 aromatic carbocycles. The number of aromatic nitrogens is 2. The Hall–Kier alpha value is -1.36. The highest BCUT2D eigenvalue weighted by Gasteiger charge is 2.37. The van der Waals surface area contributed by atoms with Crippen molar-refractivity contribution in [2.75, 3.05) is 0 Å². The first-order valence-corrected chi connectivity index (χ1v) is 6.58. The Morgan fingerprint density at radius 2 is 2.05 bits per heavy atom. The zero-order valence-electron chi connectivity index (χ0n) is 12.7. The average molecular weight is 267 g/mol. The molecule has 1 atom stereocenters. The normalized spacial score (nSPS) is 14.2. The minimum atomic E-state index is -0.590. The molecule has 0 fully saturated rings. The molecule has 0 amide bonds. The number of hydrogen-bond donors (Lipinski definition) is 2. The number of rotatable bonds is 5. The van der Waals surface area contributed by atoms with E-state index in [4.69, 9.17) is 4.74 Å². The third-order valence-electron chi connectivity index (χ3n) is 3.16. The van der Waals surface area contributed by atoms with Crippen molar-refractivity contribution in [3.05, 3.63) is 18.0 Å². The van der Waals surface area contributed by atoms with Crippen LogP contribution in [-0.4, -0.2) is 27.8 Å². The van der Waals surface area contributed by atoms with E-state index < -0.39 is 11.0 Å². The molecule has 0 aliphatic carbocycles. The summed E-state index contributed by atoms with van der Waals surface area (Å²) in [5.74, 6) is -0.190. The molecular weight excluding hydrogens is 242 g/mol. The second-order valence-corrected chi connectivity index (χ2v) is 6.41. The number of carbonyl (C=O) groups excluding carboxylic acids is 1. The third-order valence-corrected chi connectivity index (χ3v) is 3.16. The lowest BCUT2D eigenvalue weighted by Crippen LogP contribution is -2.47. The number of H-pyrrole nitrogens is 1. The predicted molar refractivity (Wildman–Crippen MR) is 74.5 cm³/mol. The number of carbonyl (C=O) groups is 1. The summed E-state index contributed by atoms with van der Waals surface area (Å²) in [4.78, 5) is 12.2. The minimum absolute atomic E-state index is 0.00866. The Bertz CT molecular complexity index is 405. The van der Waals surface area contributed by atoms with Gasteiger partial charge in [-0.2, -0.15) is 5.10 Å². The van der Waals surface area contributed by atoms with Crippen LogP contribution in [0, 0.1) is 5.41 Å². The number of ether oxygens (including phenoxy) is 1. The summed E-state index contributed by atoms with van der Waals surface area (Å²) in [5, 5.41) is 10.1. The molecule has 0 bridgehead atoms. The van der Waals surface area contributed by atoms with Gasteiger partial charge < -0.3 is 10.1 Å². The van der Waals surface area contributed by atoms with Crippen molar-refractivity contribution in [1.82, 2.24) is 15.5 Å². The van der Waals surface area contributed by atoms with Crippen molar-refractivity contribution in [3.8, 4) is 0 Å². The molecule has 5 nitrogen and oxygen atoms in total. The molecule has 108 valence electrons. The summed E-state index contributed by atoms with van der Waals surface area (Å²) in [6.07, 6.45) is 1.71. The van der Waals surface area contributed by atoms with E-state index in [9.17, 15) is 4.79 Å². The van der Waals surface area contributed by atoms with Crippen LogP contribution in [0.3, 0.4) is 0 Å². The van der Waals surface area contributed by atoms with Crippen LogP contribution in [-0.2, 0) is 16.1 Å². The molecule has 0 aliphatic heterocycles. The molecule has 1 rings (SSSR count). The first-order valence-electron chi connectivity index (χ1n) is 6.58. The Balaban J connectivity index is 2.57. The van der Waals surface area contributed by atoms with Crippen LogP contribution in [0.15, 0.2) is 12.3 Å². The van der Waals surface area contributed by atoms with E-state index in [1.54, 1.807) is 6.20 Å². The highest BCUT2D eigenvalue weighted by Crippen LogP contribution is 2.25. The minimum Gasteiger partial charge on any atom is -0.460 e. The van der Waals surface area contributed by atoms with Crippen LogP contribution in [0.25, 0.3) is 0 Å². The van der Waals surface area contributed by atoms with Gasteiger partial charge >= 0.3 is 5.97 Å². The SMILES string of the molecule is CC(NCc1ccn[nH]1)C(C)(C)C(=O)OC(C)(C)C. The van der Waals surface area contributed by atoms with Gasteiger partial charge in [-0.3, -0.25) is 9.89 Å². The number of aromatic amines is 1. The van der Waals surface area contributed by atoms with Gasteiger partial charge in [0.05, 0.1) is 5.41 Å². The lowest BCUT2D eigenvalue weighted by Gasteiger charge is -2.33. The Morgan fingerprint density at radius 3 is 2.53 bits per heavy atom. The van der Waals surface area contributed by atoms with Crippen LogP contribution in [0.1, 0.15) is 47.2 Å². The van der Waals surface area contributed by atoms with Crippen molar-refractivity contribution in [2.45, 2.75) is 59.7 Å². The Labute approximate surface area is 115 Å². The van der Waals surface area contributed by atoms with E-state index >= 15 is 0 Å². The van der Waals surface area contributed by atoms with E-state index in [1.807, 2.05) is 47.6 Å². The van der Waals surface area contributed by atoms with Gasteiger partial charge in [-0.1, -0.05) is 0 Å². The summed E-state index contributed by atoms with van der Waals surface area (Å²) in [6, 6.07) is 1.89. The fourth-order valence-corrected chi connectivity index (χ4v) is 1.49. The Kier molecular flexibility index (Phi) is 4.74. The summed E-state index contributed by atoms with van der Waals surface area (Å²) >= 11 is 0. The van der Waals surface area contributed by atoms with Gasteiger partial charge in [0, 0.05) is 24.5 Å². The zero-order chi connectivity index (χ0) is 14.7. The smallest absolute Gasteiger partial charge is 0.313 e. The molecule has 0 spiro atoms. The van der Waals surface area contributed by atoms with E-state index in [1.165, 1.54) is 0 Å². The number of nitrogens with zero attached hydrogens (tertiary/aromatic N) is 1. The standard InChI is InChI=1S/C14H25N3O2/c1-10(15-9-11-7-8-16-17-11)14(5,6)12(18)19-13(2,3)4/h7-8,10,15H,9H2,1-6H3,(H,16,17). The highest BCUT2D eigenvalue weighted by atomic mass is 16.6. The van der Waals surface area contributed by atoms with Gasteiger partial charge in [0.1, 0.15) is 5.60 Å². The summed E-state index contributed by atoms with van der Waals surface area (Å²) < 4.78 is 5.46. The topological polar surface area (TPSA) is 67.0 Å². The summed E-state index contributed by atoms with van der Waals surface area (Å²) in [6.45, 7) is 12.1. The summed E-state index contributed by atoms with van der Waals surface area (Å²) in [7, 11) is 0. The molecule has 1 aromatic heterocycles. The van der Waals surface area contributed by atoms with E-state index in [2.05, 4.69) is 15.5 Å². The molecule has 5 heteroatoms. The van der Waals surface area contributed by atoms with Gasteiger partial charge in [0.15, 0.2) is 0 Å². The van der Waals surface area contributed by atoms with Crippen molar-refractivity contribution in [3.63, 3.8) is 0 Å². The van der Waals surface area contributed by atoms with Crippen LogP contribution in [0.4, 0.5) is 0 Å². The predicted octanol–water partition coefficient (Wildman–Crippen LogP) is 2.26. The number of hydrogen-bond acceptors (Lipinski definition) is 4. The zero-order valence-corrected chi connectivity index (χ0v) is 12.7. The maximum absolute atomic E-state index is 12.2. The molecule has 1 unspecified atom stereocenters. The molecule has 19 heavy (non-hydrogen) atoms. The largest absolute Gasteiger partial charge is 0.460 e.